The standard InChI is InChI=1S/C15H13NO3/c1-18-12-5-6-13(15(8-12)19-2)10-3-4-11(9-16)14(17)7-10/h3-8,17H,1-2H3. The van der Waals surface area contributed by atoms with Gasteiger partial charge in [0.1, 0.15) is 23.3 Å². The number of phenols is 1. The lowest BCUT2D eigenvalue weighted by Gasteiger charge is -2.11. The lowest BCUT2D eigenvalue weighted by molar-refractivity contribution is 0.395. The summed E-state index contributed by atoms with van der Waals surface area (Å²) in [6.07, 6.45) is 0. The van der Waals surface area contributed by atoms with Crippen LogP contribution in [0.1, 0.15) is 5.56 Å². The third kappa shape index (κ3) is 2.45. The van der Waals surface area contributed by atoms with E-state index in [1.54, 1.807) is 38.5 Å². The van der Waals surface area contributed by atoms with E-state index in [1.165, 1.54) is 0 Å². The highest BCUT2D eigenvalue weighted by Crippen LogP contribution is 2.35. The van der Waals surface area contributed by atoms with Gasteiger partial charge in [-0.2, -0.15) is 5.26 Å². The van der Waals surface area contributed by atoms with Gasteiger partial charge >= 0.3 is 0 Å². The molecule has 0 heterocycles. The van der Waals surface area contributed by atoms with Crippen LogP contribution in [0.25, 0.3) is 11.1 Å². The van der Waals surface area contributed by atoms with Crippen LogP contribution in [-0.2, 0) is 0 Å². The second kappa shape index (κ2) is 5.32. The topological polar surface area (TPSA) is 62.5 Å². The Hall–Kier alpha value is -2.67. The van der Waals surface area contributed by atoms with Crippen LogP contribution in [0, 0.1) is 11.3 Å². The SMILES string of the molecule is COc1ccc(-c2ccc(C#N)c(O)c2)c(OC)c1. The quantitative estimate of drug-likeness (QED) is 0.915. The molecule has 0 radical (unpaired) electrons. The summed E-state index contributed by atoms with van der Waals surface area (Å²) in [5.74, 6) is 1.29. The first-order valence-corrected chi connectivity index (χ1v) is 5.65. The van der Waals surface area contributed by atoms with E-state index < -0.39 is 0 Å². The van der Waals surface area contributed by atoms with Crippen LogP contribution in [-0.4, -0.2) is 19.3 Å². The van der Waals surface area contributed by atoms with Gasteiger partial charge in [0.15, 0.2) is 0 Å². The van der Waals surface area contributed by atoms with Crippen molar-refractivity contribution in [2.75, 3.05) is 14.2 Å². The zero-order valence-corrected chi connectivity index (χ0v) is 10.7. The minimum absolute atomic E-state index is 0.0436. The van der Waals surface area contributed by atoms with Crippen LogP contribution in [0.3, 0.4) is 0 Å². The summed E-state index contributed by atoms with van der Waals surface area (Å²) < 4.78 is 10.4. The highest BCUT2D eigenvalue weighted by molar-refractivity contribution is 5.73. The van der Waals surface area contributed by atoms with Crippen molar-refractivity contribution in [2.45, 2.75) is 0 Å². The normalized spacial score (nSPS) is 9.74. The van der Waals surface area contributed by atoms with Gasteiger partial charge in [-0.1, -0.05) is 6.07 Å². The van der Waals surface area contributed by atoms with Crippen molar-refractivity contribution in [3.8, 4) is 34.4 Å². The Labute approximate surface area is 111 Å². The molecule has 0 unspecified atom stereocenters. The van der Waals surface area contributed by atoms with E-state index >= 15 is 0 Å². The molecule has 0 amide bonds. The van der Waals surface area contributed by atoms with Crippen molar-refractivity contribution in [3.63, 3.8) is 0 Å². The van der Waals surface area contributed by atoms with Gasteiger partial charge in [-0.05, 0) is 29.8 Å². The highest BCUT2D eigenvalue weighted by atomic mass is 16.5. The molecule has 1 N–H and O–H groups in total. The van der Waals surface area contributed by atoms with Gasteiger partial charge in [-0.25, -0.2) is 0 Å². The number of nitrogens with zero attached hydrogens (tertiary/aromatic N) is 1. The fourth-order valence-corrected chi connectivity index (χ4v) is 1.83. The van der Waals surface area contributed by atoms with E-state index in [0.29, 0.717) is 11.5 Å². The Morgan fingerprint density at radius 3 is 2.42 bits per heavy atom. The third-order valence-electron chi connectivity index (χ3n) is 2.84. The molecule has 0 saturated carbocycles. The molecule has 4 nitrogen and oxygen atoms in total. The molecule has 0 aliphatic heterocycles. The Kier molecular flexibility index (Phi) is 3.58. The van der Waals surface area contributed by atoms with Crippen molar-refractivity contribution in [1.82, 2.24) is 0 Å². The number of ether oxygens (including phenoxy) is 2. The van der Waals surface area contributed by atoms with Crippen LogP contribution in [0.5, 0.6) is 17.2 Å². The van der Waals surface area contributed by atoms with Crippen molar-refractivity contribution >= 4 is 0 Å². The first kappa shape index (κ1) is 12.8. The summed E-state index contributed by atoms with van der Waals surface area (Å²) in [6, 6.07) is 12.2. The first-order chi connectivity index (χ1) is 9.19. The van der Waals surface area contributed by atoms with Crippen LogP contribution >= 0.6 is 0 Å². The molecule has 2 aromatic carbocycles. The molecule has 0 fully saturated rings. The molecular formula is C15H13NO3. The van der Waals surface area contributed by atoms with Gasteiger partial charge < -0.3 is 14.6 Å². The minimum Gasteiger partial charge on any atom is -0.507 e. The number of methoxy groups -OCH3 is 2. The molecule has 0 bridgehead atoms. The third-order valence-corrected chi connectivity index (χ3v) is 2.84. The van der Waals surface area contributed by atoms with Crippen molar-refractivity contribution < 1.29 is 14.6 Å². The largest absolute Gasteiger partial charge is 0.507 e. The number of benzene rings is 2. The molecule has 2 aromatic rings. The molecule has 0 aromatic heterocycles. The first-order valence-electron chi connectivity index (χ1n) is 5.65. The summed E-state index contributed by atoms with van der Waals surface area (Å²) in [5.41, 5.74) is 1.84. The number of nitriles is 1. The average molecular weight is 255 g/mol. The number of hydrogen-bond donors (Lipinski definition) is 1. The van der Waals surface area contributed by atoms with Gasteiger partial charge in [0, 0.05) is 11.6 Å². The zero-order chi connectivity index (χ0) is 13.8. The molecule has 0 saturated heterocycles. The van der Waals surface area contributed by atoms with Crippen molar-refractivity contribution in [2.24, 2.45) is 0 Å². The fourth-order valence-electron chi connectivity index (χ4n) is 1.83. The summed E-state index contributed by atoms with van der Waals surface area (Å²) in [7, 11) is 3.16. The van der Waals surface area contributed by atoms with Crippen LogP contribution in [0.15, 0.2) is 36.4 Å². The number of hydrogen-bond acceptors (Lipinski definition) is 4. The molecule has 2 rings (SSSR count). The van der Waals surface area contributed by atoms with E-state index in [1.807, 2.05) is 18.2 Å². The average Bonchev–Trinajstić information content (AvgIpc) is 2.46. The maximum Gasteiger partial charge on any atom is 0.133 e. The fraction of sp³-hybridized carbons (Fsp3) is 0.133. The van der Waals surface area contributed by atoms with Gasteiger partial charge in [-0.15, -0.1) is 0 Å². The lowest BCUT2D eigenvalue weighted by atomic mass is 10.0. The molecule has 19 heavy (non-hydrogen) atoms. The highest BCUT2D eigenvalue weighted by Gasteiger charge is 2.09. The molecule has 0 aliphatic carbocycles. The van der Waals surface area contributed by atoms with E-state index in [4.69, 9.17) is 14.7 Å². The molecule has 0 atom stereocenters. The second-order valence-electron chi connectivity index (χ2n) is 3.91. The summed E-state index contributed by atoms with van der Waals surface area (Å²) >= 11 is 0. The minimum atomic E-state index is -0.0436. The van der Waals surface area contributed by atoms with Crippen molar-refractivity contribution in [1.29, 1.82) is 5.26 Å². The van der Waals surface area contributed by atoms with Gasteiger partial charge in [0.25, 0.3) is 0 Å². The van der Waals surface area contributed by atoms with Gasteiger partial charge in [-0.3, -0.25) is 0 Å². The molecule has 96 valence electrons. The summed E-state index contributed by atoms with van der Waals surface area (Å²) in [5, 5.41) is 18.5. The Balaban J connectivity index is 2.53. The predicted molar refractivity (Wildman–Crippen MR) is 71.4 cm³/mol. The van der Waals surface area contributed by atoms with Crippen LogP contribution < -0.4 is 9.47 Å². The van der Waals surface area contributed by atoms with Crippen molar-refractivity contribution in [3.05, 3.63) is 42.0 Å². The zero-order valence-electron chi connectivity index (χ0n) is 10.7. The lowest BCUT2D eigenvalue weighted by Crippen LogP contribution is -1.90. The van der Waals surface area contributed by atoms with Gasteiger partial charge in [0.2, 0.25) is 0 Å². The second-order valence-corrected chi connectivity index (χ2v) is 3.91. The molecule has 0 spiro atoms. The maximum absolute atomic E-state index is 9.73. The van der Waals surface area contributed by atoms with E-state index in [0.717, 1.165) is 11.1 Å². The molecular weight excluding hydrogens is 242 g/mol. The maximum atomic E-state index is 9.73. The smallest absolute Gasteiger partial charge is 0.133 e. The monoisotopic (exact) mass is 255 g/mol. The molecule has 4 heteroatoms. The number of phenolic OH excluding ortho intramolecular Hbond substituents is 1. The number of aromatic hydroxyl groups is 1. The molecule has 0 aliphatic rings. The van der Waals surface area contributed by atoms with E-state index in [2.05, 4.69) is 0 Å². The Bertz CT molecular complexity index is 644. The van der Waals surface area contributed by atoms with Crippen LogP contribution in [0.2, 0.25) is 0 Å². The Morgan fingerprint density at radius 2 is 1.84 bits per heavy atom. The Morgan fingerprint density at radius 1 is 1.05 bits per heavy atom. The number of rotatable bonds is 3. The van der Waals surface area contributed by atoms with E-state index in [9.17, 15) is 5.11 Å². The predicted octanol–water partition coefficient (Wildman–Crippen LogP) is 2.95. The van der Waals surface area contributed by atoms with Gasteiger partial charge in [0.05, 0.1) is 19.8 Å². The summed E-state index contributed by atoms with van der Waals surface area (Å²) in [4.78, 5) is 0. The van der Waals surface area contributed by atoms with E-state index in [-0.39, 0.29) is 11.3 Å². The van der Waals surface area contributed by atoms with Crippen LogP contribution in [0.4, 0.5) is 0 Å². The summed E-state index contributed by atoms with van der Waals surface area (Å²) in [6.45, 7) is 0.